The van der Waals surface area contributed by atoms with Crippen LogP contribution < -0.4 is 11.1 Å². The fraction of sp³-hybridized carbons (Fsp3) is 0.688. The van der Waals surface area contributed by atoms with Crippen LogP contribution in [0.15, 0.2) is 11.5 Å². The molecule has 0 saturated carbocycles. The van der Waals surface area contributed by atoms with Crippen molar-refractivity contribution in [3.63, 3.8) is 0 Å². The van der Waals surface area contributed by atoms with Crippen LogP contribution in [0.4, 0.5) is 0 Å². The summed E-state index contributed by atoms with van der Waals surface area (Å²) in [7, 11) is 0. The molecule has 1 unspecified atom stereocenters. The Morgan fingerprint density at radius 2 is 2.11 bits per heavy atom. The van der Waals surface area contributed by atoms with Gasteiger partial charge >= 0.3 is 17.9 Å². The van der Waals surface area contributed by atoms with E-state index in [0.717, 1.165) is 5.06 Å². The van der Waals surface area contributed by atoms with Crippen LogP contribution in [-0.2, 0) is 24.0 Å². The van der Waals surface area contributed by atoms with Crippen molar-refractivity contribution < 1.29 is 39.3 Å². The molecule has 0 aromatic heterocycles. The first kappa shape index (κ1) is 20.9. The Labute approximate surface area is 155 Å². The molecule has 27 heavy (non-hydrogen) atoms. The van der Waals surface area contributed by atoms with Crippen LogP contribution in [0.2, 0.25) is 0 Å². The summed E-state index contributed by atoms with van der Waals surface area (Å²) in [5, 5.41) is 32.1. The van der Waals surface area contributed by atoms with Gasteiger partial charge in [0.05, 0.1) is 0 Å². The summed E-state index contributed by atoms with van der Waals surface area (Å²) >= 11 is 0. The minimum Gasteiger partial charge on any atom is -0.505 e. The van der Waals surface area contributed by atoms with E-state index in [1.54, 1.807) is 0 Å². The summed E-state index contributed by atoms with van der Waals surface area (Å²) in [6.07, 6.45) is 1.74. The molecule has 0 amide bonds. The standard InChI is InChI=1S/C16H25N3O8/c17-9(14(21)22)4-1-2-6-18-8-11-12(20)13(16(25)26-11)27-19-7-3-5-10(19)15(23)24/h9-11,18,20H,1-8,17H2,(H,21,22)(H,23,24)/t9?,10-,11-/m1/s1. The van der Waals surface area contributed by atoms with Gasteiger partial charge in [-0.25, -0.2) is 4.79 Å². The molecular formula is C16H25N3O8. The van der Waals surface area contributed by atoms with Gasteiger partial charge in [-0.2, -0.15) is 0 Å². The number of carboxylic acid groups (broad SMARTS) is 2. The van der Waals surface area contributed by atoms with Crippen molar-refractivity contribution in [2.24, 2.45) is 5.73 Å². The molecule has 2 aliphatic heterocycles. The van der Waals surface area contributed by atoms with Gasteiger partial charge in [0.1, 0.15) is 12.1 Å². The van der Waals surface area contributed by atoms with Crippen molar-refractivity contribution in [3.05, 3.63) is 11.5 Å². The van der Waals surface area contributed by atoms with Crippen LogP contribution in [0.1, 0.15) is 32.1 Å². The maximum Gasteiger partial charge on any atom is 0.380 e. The molecule has 3 atom stereocenters. The first-order valence-corrected chi connectivity index (χ1v) is 8.82. The molecule has 0 aliphatic carbocycles. The number of nitrogens with two attached hydrogens (primary N) is 1. The van der Waals surface area contributed by atoms with E-state index >= 15 is 0 Å². The van der Waals surface area contributed by atoms with Crippen molar-refractivity contribution in [2.45, 2.75) is 50.3 Å². The molecular weight excluding hydrogens is 362 g/mol. The zero-order valence-corrected chi connectivity index (χ0v) is 14.8. The van der Waals surface area contributed by atoms with E-state index in [1.165, 1.54) is 0 Å². The van der Waals surface area contributed by atoms with Gasteiger partial charge in [0.15, 0.2) is 11.9 Å². The number of hydrogen-bond acceptors (Lipinski definition) is 9. The lowest BCUT2D eigenvalue weighted by molar-refractivity contribution is -0.176. The number of unbranched alkanes of at least 4 members (excludes halogenated alkanes) is 1. The Kier molecular flexibility index (Phi) is 7.39. The summed E-state index contributed by atoms with van der Waals surface area (Å²) in [6, 6.07) is -1.75. The maximum absolute atomic E-state index is 11.9. The number of carbonyl (C=O) groups excluding carboxylic acids is 1. The second kappa shape index (κ2) is 9.53. The van der Waals surface area contributed by atoms with Crippen LogP contribution in [0.5, 0.6) is 0 Å². The van der Waals surface area contributed by atoms with Crippen LogP contribution >= 0.6 is 0 Å². The number of hydroxylamine groups is 2. The van der Waals surface area contributed by atoms with Gasteiger partial charge in [-0.05, 0) is 32.2 Å². The van der Waals surface area contributed by atoms with Gasteiger partial charge in [-0.1, -0.05) is 6.42 Å². The lowest BCUT2D eigenvalue weighted by Crippen LogP contribution is -2.36. The molecule has 152 valence electrons. The lowest BCUT2D eigenvalue weighted by atomic mass is 10.1. The van der Waals surface area contributed by atoms with E-state index in [4.69, 9.17) is 25.5 Å². The molecule has 2 aliphatic rings. The number of cyclic esters (lactones) is 1. The number of aliphatic hydroxyl groups excluding tert-OH is 1. The van der Waals surface area contributed by atoms with Crippen molar-refractivity contribution >= 4 is 17.9 Å². The zero-order chi connectivity index (χ0) is 20.0. The second-order valence-electron chi connectivity index (χ2n) is 6.48. The summed E-state index contributed by atoms with van der Waals surface area (Å²) in [6.45, 7) is 1.01. The SMILES string of the molecule is NC(CCCCNC[C@H]1OC(=O)C(ON2CCC[C@@H]2C(=O)O)=C1O)C(=O)O. The van der Waals surface area contributed by atoms with Gasteiger partial charge in [-0.3, -0.25) is 9.59 Å². The molecule has 6 N–H and O–H groups in total. The number of aliphatic hydroxyl groups is 1. The number of carbonyl (C=O) groups is 3. The number of hydrogen-bond donors (Lipinski definition) is 5. The molecule has 0 bridgehead atoms. The average Bonchev–Trinajstić information content (AvgIpc) is 3.18. The maximum atomic E-state index is 11.9. The van der Waals surface area contributed by atoms with Gasteiger partial charge < -0.3 is 35.9 Å². The zero-order valence-electron chi connectivity index (χ0n) is 14.8. The van der Waals surface area contributed by atoms with E-state index in [9.17, 15) is 19.5 Å². The molecule has 1 fully saturated rings. The van der Waals surface area contributed by atoms with Crippen LogP contribution in [-0.4, -0.2) is 76.1 Å². The Bertz CT molecular complexity index is 608. The number of nitrogens with one attached hydrogen (secondary N) is 1. The quantitative estimate of drug-likeness (QED) is 0.225. The normalized spacial score (nSPS) is 24.1. The highest BCUT2D eigenvalue weighted by Gasteiger charge is 2.40. The molecule has 2 heterocycles. The van der Waals surface area contributed by atoms with Gasteiger partial charge in [-0.15, -0.1) is 5.06 Å². The molecule has 0 radical (unpaired) electrons. The Balaban J connectivity index is 1.76. The number of ether oxygens (including phenoxy) is 1. The van der Waals surface area contributed by atoms with Crippen molar-refractivity contribution in [2.75, 3.05) is 19.6 Å². The third-order valence-electron chi connectivity index (χ3n) is 4.44. The molecule has 0 aromatic carbocycles. The summed E-state index contributed by atoms with van der Waals surface area (Å²) < 4.78 is 5.05. The fourth-order valence-corrected chi connectivity index (χ4v) is 2.90. The van der Waals surface area contributed by atoms with Crippen LogP contribution in [0, 0.1) is 0 Å². The van der Waals surface area contributed by atoms with E-state index < -0.39 is 36.1 Å². The minimum atomic E-state index is -1.06. The first-order valence-electron chi connectivity index (χ1n) is 8.82. The fourth-order valence-electron chi connectivity index (χ4n) is 2.90. The van der Waals surface area contributed by atoms with Crippen LogP contribution in [0.25, 0.3) is 0 Å². The smallest absolute Gasteiger partial charge is 0.380 e. The van der Waals surface area contributed by atoms with E-state index in [0.29, 0.717) is 45.2 Å². The Morgan fingerprint density at radius 3 is 2.78 bits per heavy atom. The number of carboxylic acids is 2. The van der Waals surface area contributed by atoms with Crippen LogP contribution in [0.3, 0.4) is 0 Å². The third kappa shape index (κ3) is 5.55. The lowest BCUT2D eigenvalue weighted by Gasteiger charge is -2.20. The van der Waals surface area contributed by atoms with E-state index in [-0.39, 0.29) is 18.1 Å². The number of rotatable bonds is 11. The highest BCUT2D eigenvalue weighted by atomic mass is 16.7. The van der Waals surface area contributed by atoms with Crippen molar-refractivity contribution in [1.29, 1.82) is 0 Å². The third-order valence-corrected chi connectivity index (χ3v) is 4.44. The first-order chi connectivity index (χ1) is 12.8. The molecule has 2 rings (SSSR count). The van der Waals surface area contributed by atoms with Crippen molar-refractivity contribution in [3.8, 4) is 0 Å². The number of esters is 1. The van der Waals surface area contributed by atoms with E-state index in [2.05, 4.69) is 5.32 Å². The topological polar surface area (TPSA) is 172 Å². The Morgan fingerprint density at radius 1 is 1.37 bits per heavy atom. The molecule has 11 heteroatoms. The monoisotopic (exact) mass is 387 g/mol. The van der Waals surface area contributed by atoms with Gasteiger partial charge in [0, 0.05) is 13.1 Å². The predicted octanol–water partition coefficient (Wildman–Crippen LogP) is -0.666. The highest BCUT2D eigenvalue weighted by Crippen LogP contribution is 2.26. The molecule has 11 nitrogen and oxygen atoms in total. The summed E-state index contributed by atoms with van der Waals surface area (Å²) in [4.78, 5) is 39.0. The summed E-state index contributed by atoms with van der Waals surface area (Å²) in [5.74, 6) is -3.70. The average molecular weight is 387 g/mol. The molecule has 1 saturated heterocycles. The second-order valence-corrected chi connectivity index (χ2v) is 6.48. The van der Waals surface area contributed by atoms with Crippen molar-refractivity contribution in [1.82, 2.24) is 10.4 Å². The highest BCUT2D eigenvalue weighted by molar-refractivity contribution is 5.89. The Hall–Kier alpha value is -2.37. The summed E-state index contributed by atoms with van der Waals surface area (Å²) in [5.41, 5.74) is 5.40. The van der Waals surface area contributed by atoms with Gasteiger partial charge in [0.25, 0.3) is 5.76 Å². The number of nitrogens with zero attached hydrogens (tertiary/aromatic N) is 1. The van der Waals surface area contributed by atoms with Gasteiger partial charge in [0.2, 0.25) is 0 Å². The molecule has 0 spiro atoms. The van der Waals surface area contributed by atoms with E-state index in [1.807, 2.05) is 0 Å². The molecule has 0 aromatic rings. The predicted molar refractivity (Wildman–Crippen MR) is 90.3 cm³/mol. The number of aliphatic carboxylic acids is 2. The minimum absolute atomic E-state index is 0.151. The largest absolute Gasteiger partial charge is 0.505 e.